The van der Waals surface area contributed by atoms with Gasteiger partial charge in [-0.15, -0.1) is 0 Å². The van der Waals surface area contributed by atoms with Gasteiger partial charge in [0.2, 0.25) is 10.0 Å². The summed E-state index contributed by atoms with van der Waals surface area (Å²) in [5, 5.41) is 9.20. The number of benzene rings is 1. The van der Waals surface area contributed by atoms with E-state index in [1.165, 1.54) is 6.20 Å². The second-order valence-corrected chi connectivity index (χ2v) is 5.31. The maximum Gasteiger partial charge on any atom is 0.242 e. The summed E-state index contributed by atoms with van der Waals surface area (Å²) in [5.41, 5.74) is 6.83. The summed E-state index contributed by atoms with van der Waals surface area (Å²) in [6.07, 6.45) is 1.41. The Morgan fingerprint density at radius 1 is 1.41 bits per heavy atom. The molecule has 2 aromatic rings. The lowest BCUT2D eigenvalue weighted by molar-refractivity contribution is 0.301. The zero-order valence-electron chi connectivity index (χ0n) is 8.97. The predicted molar refractivity (Wildman–Crippen MR) is 65.0 cm³/mol. The van der Waals surface area contributed by atoms with Crippen molar-refractivity contribution in [3.63, 3.8) is 0 Å². The normalized spacial score (nSPS) is 12.1. The molecule has 0 aliphatic heterocycles. The molecule has 2 rings (SSSR count). The van der Waals surface area contributed by atoms with Crippen molar-refractivity contribution >= 4 is 26.6 Å². The van der Waals surface area contributed by atoms with Gasteiger partial charge >= 0.3 is 0 Å². The number of aromatic amines is 1. The van der Waals surface area contributed by atoms with Gasteiger partial charge in [0.15, 0.2) is 0 Å². The summed E-state index contributed by atoms with van der Waals surface area (Å²) >= 11 is 0. The predicted octanol–water partition coefficient (Wildman–Crippen LogP) is 0.0207. The molecular weight excluding hydrogens is 242 g/mol. The van der Waals surface area contributed by atoms with E-state index < -0.39 is 10.0 Å². The van der Waals surface area contributed by atoms with E-state index >= 15 is 0 Å². The second kappa shape index (κ2) is 4.36. The summed E-state index contributed by atoms with van der Waals surface area (Å²) in [6, 6.07) is 4.95. The molecule has 1 heterocycles. The first-order valence-corrected chi connectivity index (χ1v) is 6.50. The van der Waals surface area contributed by atoms with Crippen molar-refractivity contribution in [3.8, 4) is 0 Å². The number of fused-ring (bicyclic) bond motifs is 1. The van der Waals surface area contributed by atoms with Crippen molar-refractivity contribution in [2.75, 3.05) is 18.9 Å². The Kier molecular flexibility index (Phi) is 3.05. The third kappa shape index (κ3) is 2.26. The number of rotatable bonds is 4. The van der Waals surface area contributed by atoms with Crippen molar-refractivity contribution in [2.24, 2.45) is 0 Å². The molecule has 0 fully saturated rings. The monoisotopic (exact) mass is 255 g/mol. The van der Waals surface area contributed by atoms with Crippen molar-refractivity contribution < 1.29 is 13.5 Å². The van der Waals surface area contributed by atoms with Crippen molar-refractivity contribution in [1.82, 2.24) is 9.71 Å². The molecule has 0 amide bonds. The Bertz CT molecular complexity index is 633. The maximum atomic E-state index is 11.9. The molecule has 0 aliphatic rings. The van der Waals surface area contributed by atoms with Crippen molar-refractivity contribution in [2.45, 2.75) is 4.90 Å². The van der Waals surface area contributed by atoms with Crippen LogP contribution in [0.15, 0.2) is 29.3 Å². The lowest BCUT2D eigenvalue weighted by atomic mass is 10.2. The van der Waals surface area contributed by atoms with E-state index in [0.717, 1.165) is 0 Å². The molecule has 5 N–H and O–H groups in total. The van der Waals surface area contributed by atoms with Crippen LogP contribution >= 0.6 is 0 Å². The van der Waals surface area contributed by atoms with Gasteiger partial charge in [0.05, 0.1) is 6.61 Å². The first-order chi connectivity index (χ1) is 8.04. The molecule has 1 aromatic heterocycles. The summed E-state index contributed by atoms with van der Waals surface area (Å²) < 4.78 is 26.0. The van der Waals surface area contributed by atoms with Crippen LogP contribution in [-0.4, -0.2) is 31.7 Å². The number of hydrogen-bond acceptors (Lipinski definition) is 4. The number of hydrogen-bond donors (Lipinski definition) is 4. The average Bonchev–Trinajstić information content (AvgIpc) is 2.69. The zero-order valence-corrected chi connectivity index (χ0v) is 9.79. The van der Waals surface area contributed by atoms with E-state index in [4.69, 9.17) is 10.8 Å². The highest BCUT2D eigenvalue weighted by Crippen LogP contribution is 2.24. The van der Waals surface area contributed by atoms with Crippen LogP contribution in [0.2, 0.25) is 0 Å². The van der Waals surface area contributed by atoms with Gasteiger partial charge in [-0.25, -0.2) is 13.1 Å². The van der Waals surface area contributed by atoms with Crippen LogP contribution in [0.1, 0.15) is 0 Å². The maximum absolute atomic E-state index is 11.9. The molecule has 7 heteroatoms. The molecule has 0 bridgehead atoms. The number of nitrogen functional groups attached to an aromatic ring is 1. The first-order valence-electron chi connectivity index (χ1n) is 5.02. The number of aliphatic hydroxyl groups excluding tert-OH is 1. The lowest BCUT2D eigenvalue weighted by Crippen LogP contribution is -2.26. The van der Waals surface area contributed by atoms with Gasteiger partial charge in [-0.1, -0.05) is 0 Å². The number of nitrogens with two attached hydrogens (primary N) is 1. The van der Waals surface area contributed by atoms with E-state index in [1.54, 1.807) is 18.2 Å². The fourth-order valence-corrected chi connectivity index (χ4v) is 2.79. The summed E-state index contributed by atoms with van der Waals surface area (Å²) in [6.45, 7) is -0.251. The quantitative estimate of drug-likeness (QED) is 0.577. The molecule has 0 atom stereocenters. The number of aromatic nitrogens is 1. The molecule has 0 unspecified atom stereocenters. The van der Waals surface area contributed by atoms with Crippen LogP contribution in [0.5, 0.6) is 0 Å². The largest absolute Gasteiger partial charge is 0.399 e. The number of anilines is 1. The Morgan fingerprint density at radius 3 is 2.88 bits per heavy atom. The molecular formula is C10H13N3O3S. The van der Waals surface area contributed by atoms with E-state index in [0.29, 0.717) is 16.6 Å². The van der Waals surface area contributed by atoms with Gasteiger partial charge in [0.1, 0.15) is 4.90 Å². The van der Waals surface area contributed by atoms with Crippen LogP contribution in [0, 0.1) is 0 Å². The van der Waals surface area contributed by atoms with Gasteiger partial charge in [0.25, 0.3) is 0 Å². The minimum Gasteiger partial charge on any atom is -0.399 e. The van der Waals surface area contributed by atoms with Crippen molar-refractivity contribution in [1.29, 1.82) is 0 Å². The molecule has 17 heavy (non-hydrogen) atoms. The van der Waals surface area contributed by atoms with Crippen LogP contribution in [0.3, 0.4) is 0 Å². The third-order valence-corrected chi connectivity index (χ3v) is 3.86. The third-order valence-electron chi connectivity index (χ3n) is 2.36. The highest BCUT2D eigenvalue weighted by atomic mass is 32.2. The summed E-state index contributed by atoms with van der Waals surface area (Å²) in [4.78, 5) is 3.00. The molecule has 1 aromatic carbocycles. The standard InChI is InChI=1S/C10H13N3O3S/c11-7-1-2-8-9(5-7)12-6-10(8)17(15,16)13-3-4-14/h1-2,5-6,12-14H,3-4,11H2. The smallest absolute Gasteiger partial charge is 0.242 e. The van der Waals surface area contributed by atoms with Gasteiger partial charge in [-0.2, -0.15) is 0 Å². The molecule has 0 saturated heterocycles. The number of H-pyrrole nitrogens is 1. The fourth-order valence-electron chi connectivity index (χ4n) is 1.60. The Labute approximate surface area is 98.5 Å². The number of aliphatic hydroxyl groups is 1. The highest BCUT2D eigenvalue weighted by Gasteiger charge is 2.18. The second-order valence-electron chi connectivity index (χ2n) is 3.58. The van der Waals surface area contributed by atoms with E-state index in [-0.39, 0.29) is 18.0 Å². The average molecular weight is 255 g/mol. The summed E-state index contributed by atoms with van der Waals surface area (Å²) in [5.74, 6) is 0. The van der Waals surface area contributed by atoms with Crippen LogP contribution in [0.25, 0.3) is 10.9 Å². The highest BCUT2D eigenvalue weighted by molar-refractivity contribution is 7.89. The molecule has 92 valence electrons. The van der Waals surface area contributed by atoms with Gasteiger partial charge in [-0.05, 0) is 18.2 Å². The minimum atomic E-state index is -3.60. The van der Waals surface area contributed by atoms with Gasteiger partial charge in [0, 0.05) is 29.3 Å². The topological polar surface area (TPSA) is 108 Å². The van der Waals surface area contributed by atoms with E-state index in [2.05, 4.69) is 9.71 Å². The number of nitrogens with one attached hydrogen (secondary N) is 2. The van der Waals surface area contributed by atoms with E-state index in [1.807, 2.05) is 0 Å². The molecule has 0 saturated carbocycles. The summed E-state index contributed by atoms with van der Waals surface area (Å²) in [7, 11) is -3.60. The fraction of sp³-hybridized carbons (Fsp3) is 0.200. The zero-order chi connectivity index (χ0) is 12.5. The first kappa shape index (κ1) is 11.9. The SMILES string of the molecule is Nc1ccc2c(S(=O)(=O)NCCO)c[nH]c2c1. The molecule has 0 radical (unpaired) electrons. The Hall–Kier alpha value is -1.57. The van der Waals surface area contributed by atoms with Gasteiger partial charge < -0.3 is 15.8 Å². The lowest BCUT2D eigenvalue weighted by Gasteiger charge is -2.03. The van der Waals surface area contributed by atoms with Crippen LogP contribution in [0.4, 0.5) is 5.69 Å². The van der Waals surface area contributed by atoms with Crippen LogP contribution in [-0.2, 0) is 10.0 Å². The molecule has 0 spiro atoms. The molecule has 6 nitrogen and oxygen atoms in total. The Morgan fingerprint density at radius 2 is 2.18 bits per heavy atom. The molecule has 0 aliphatic carbocycles. The number of sulfonamides is 1. The van der Waals surface area contributed by atoms with Gasteiger partial charge in [-0.3, -0.25) is 0 Å². The Balaban J connectivity index is 2.49. The van der Waals surface area contributed by atoms with E-state index in [9.17, 15) is 8.42 Å². The van der Waals surface area contributed by atoms with Crippen LogP contribution < -0.4 is 10.5 Å². The van der Waals surface area contributed by atoms with Crippen molar-refractivity contribution in [3.05, 3.63) is 24.4 Å². The minimum absolute atomic E-state index is 0.00994.